The Balaban J connectivity index is 1.25. The zero-order valence-corrected chi connectivity index (χ0v) is 21.7. The number of anilines is 1. The highest BCUT2D eigenvalue weighted by Gasteiger charge is 2.49. The summed E-state index contributed by atoms with van der Waals surface area (Å²) < 4.78 is 44.4. The highest BCUT2D eigenvalue weighted by atomic mass is 32.1. The van der Waals surface area contributed by atoms with Gasteiger partial charge < -0.3 is 14.7 Å². The number of aryl methyl sites for hydroxylation is 1. The van der Waals surface area contributed by atoms with Crippen LogP contribution in [0.5, 0.6) is 0 Å². The minimum absolute atomic E-state index is 0.166. The molecule has 2 aromatic rings. The SMILES string of the molecule is CCc1nsc(N2CCC(N3CCC4(CC3)C[C@H](N(CC(F)(F)F)C(C)=O)c3ccccc34)CC2)n1. The van der Waals surface area contributed by atoms with Crippen LogP contribution in [0.1, 0.15) is 68.9 Å². The van der Waals surface area contributed by atoms with E-state index in [9.17, 15) is 18.0 Å². The molecule has 1 aromatic carbocycles. The van der Waals surface area contributed by atoms with Gasteiger partial charge in [-0.3, -0.25) is 4.79 Å². The van der Waals surface area contributed by atoms with E-state index in [0.29, 0.717) is 12.5 Å². The molecule has 0 saturated carbocycles. The van der Waals surface area contributed by atoms with Crippen LogP contribution >= 0.6 is 11.5 Å². The number of hydrogen-bond donors (Lipinski definition) is 0. The average molecular weight is 522 g/mol. The van der Waals surface area contributed by atoms with Crippen LogP contribution in [-0.4, -0.2) is 70.0 Å². The first-order valence-corrected chi connectivity index (χ1v) is 13.7. The molecule has 3 heterocycles. The quantitative estimate of drug-likeness (QED) is 0.557. The fourth-order valence-corrected chi connectivity index (χ4v) is 7.30. The van der Waals surface area contributed by atoms with Gasteiger partial charge in [-0.1, -0.05) is 31.2 Å². The topological polar surface area (TPSA) is 52.6 Å². The van der Waals surface area contributed by atoms with Gasteiger partial charge in [-0.25, -0.2) is 4.98 Å². The highest BCUT2D eigenvalue weighted by molar-refractivity contribution is 7.09. The first kappa shape index (κ1) is 25.4. The molecule has 1 amide bonds. The number of fused-ring (bicyclic) bond motifs is 2. The molecular formula is C26H34F3N5OS. The van der Waals surface area contributed by atoms with Gasteiger partial charge in [0.25, 0.3) is 0 Å². The Labute approximate surface area is 214 Å². The standard InChI is InChI=1S/C26H34F3N5OS/c1-3-23-30-24(36-31-23)33-12-8-19(9-13-33)32-14-10-25(11-15-32)16-22(20-6-4-5-7-21(20)25)34(18(2)35)17-26(27,28)29/h4-7,19,22H,3,8-17H2,1-2H3/t22-/m0/s1. The van der Waals surface area contributed by atoms with E-state index in [4.69, 9.17) is 0 Å². The fraction of sp³-hybridized carbons (Fsp3) is 0.654. The molecule has 1 spiro atoms. The van der Waals surface area contributed by atoms with E-state index in [-0.39, 0.29) is 5.41 Å². The zero-order chi connectivity index (χ0) is 25.5. The minimum Gasteiger partial charge on any atom is -0.347 e. The number of rotatable bonds is 5. The molecule has 10 heteroatoms. The Morgan fingerprint density at radius 3 is 2.47 bits per heavy atom. The molecule has 0 bridgehead atoms. The van der Waals surface area contributed by atoms with E-state index < -0.39 is 24.7 Å². The lowest BCUT2D eigenvalue weighted by atomic mass is 9.73. The summed E-state index contributed by atoms with van der Waals surface area (Å²) in [5.41, 5.74) is 1.86. The summed E-state index contributed by atoms with van der Waals surface area (Å²) in [4.78, 5) is 22.9. The molecule has 5 rings (SSSR count). The number of carbonyl (C=O) groups excluding carboxylic acids is 1. The van der Waals surface area contributed by atoms with Crippen LogP contribution in [0, 0.1) is 0 Å². The summed E-state index contributed by atoms with van der Waals surface area (Å²) in [7, 11) is 0. The van der Waals surface area contributed by atoms with Crippen molar-refractivity contribution < 1.29 is 18.0 Å². The van der Waals surface area contributed by atoms with Crippen molar-refractivity contribution in [3.63, 3.8) is 0 Å². The molecule has 0 N–H and O–H groups in total. The van der Waals surface area contributed by atoms with Crippen LogP contribution in [0.3, 0.4) is 0 Å². The Bertz CT molecular complexity index is 1070. The lowest BCUT2D eigenvalue weighted by molar-refractivity contribution is -0.165. The number of hydrogen-bond acceptors (Lipinski definition) is 6. The van der Waals surface area contributed by atoms with Crippen molar-refractivity contribution in [2.45, 2.75) is 76.0 Å². The fourth-order valence-electron chi connectivity index (χ4n) is 6.50. The number of nitrogens with zero attached hydrogens (tertiary/aromatic N) is 5. The summed E-state index contributed by atoms with van der Waals surface area (Å²) in [5, 5.41) is 1.02. The Kier molecular flexibility index (Phi) is 7.02. The van der Waals surface area contributed by atoms with Gasteiger partial charge >= 0.3 is 6.18 Å². The smallest absolute Gasteiger partial charge is 0.347 e. The summed E-state index contributed by atoms with van der Waals surface area (Å²) in [6.45, 7) is 5.94. The molecule has 1 aliphatic carbocycles. The highest BCUT2D eigenvalue weighted by Crippen LogP contribution is 2.53. The van der Waals surface area contributed by atoms with Crippen LogP contribution in [-0.2, 0) is 16.6 Å². The maximum atomic E-state index is 13.3. The van der Waals surface area contributed by atoms with Crippen LogP contribution in [0.4, 0.5) is 18.3 Å². The summed E-state index contributed by atoms with van der Waals surface area (Å²) >= 11 is 1.48. The predicted molar refractivity (Wildman–Crippen MR) is 134 cm³/mol. The molecular weight excluding hydrogens is 487 g/mol. The van der Waals surface area contributed by atoms with Crippen molar-refractivity contribution in [2.75, 3.05) is 37.6 Å². The first-order chi connectivity index (χ1) is 17.2. The van der Waals surface area contributed by atoms with Crippen LogP contribution in [0.25, 0.3) is 0 Å². The number of piperidine rings is 2. The molecule has 2 fully saturated rings. The molecule has 0 radical (unpaired) electrons. The first-order valence-electron chi connectivity index (χ1n) is 12.9. The van der Waals surface area contributed by atoms with Crippen molar-refractivity contribution >= 4 is 22.6 Å². The molecule has 2 aliphatic heterocycles. The molecule has 2 saturated heterocycles. The summed E-state index contributed by atoms with van der Waals surface area (Å²) in [5.74, 6) is 0.391. The number of halogens is 3. The van der Waals surface area contributed by atoms with Crippen molar-refractivity contribution in [3.8, 4) is 0 Å². The second kappa shape index (κ2) is 9.93. The average Bonchev–Trinajstić information content (AvgIpc) is 3.46. The number of amides is 1. The van der Waals surface area contributed by atoms with E-state index in [0.717, 1.165) is 85.3 Å². The Hall–Kier alpha value is -2.20. The Morgan fingerprint density at radius 1 is 1.17 bits per heavy atom. The van der Waals surface area contributed by atoms with Crippen LogP contribution < -0.4 is 4.90 Å². The van der Waals surface area contributed by atoms with Gasteiger partial charge in [0.1, 0.15) is 12.4 Å². The molecule has 196 valence electrons. The number of carbonyl (C=O) groups is 1. The van der Waals surface area contributed by atoms with Gasteiger partial charge in [0.05, 0.1) is 6.04 Å². The predicted octanol–water partition coefficient (Wildman–Crippen LogP) is 4.96. The summed E-state index contributed by atoms with van der Waals surface area (Å²) in [6, 6.07) is 7.84. The lowest BCUT2D eigenvalue weighted by Crippen LogP contribution is -2.50. The van der Waals surface area contributed by atoms with Gasteiger partial charge in [0.2, 0.25) is 11.0 Å². The van der Waals surface area contributed by atoms with E-state index >= 15 is 0 Å². The van der Waals surface area contributed by atoms with E-state index in [1.165, 1.54) is 18.5 Å². The van der Waals surface area contributed by atoms with Gasteiger partial charge in [-0.15, -0.1) is 0 Å². The van der Waals surface area contributed by atoms with E-state index in [1.807, 2.05) is 18.2 Å². The number of aromatic nitrogens is 2. The van der Waals surface area contributed by atoms with Gasteiger partial charge in [0, 0.05) is 49.4 Å². The summed E-state index contributed by atoms with van der Waals surface area (Å²) in [6.07, 6.45) is 0.997. The van der Waals surface area contributed by atoms with Crippen LogP contribution in [0.2, 0.25) is 0 Å². The molecule has 6 nitrogen and oxygen atoms in total. The second-order valence-electron chi connectivity index (χ2n) is 10.5. The van der Waals surface area contributed by atoms with Crippen molar-refractivity contribution in [1.82, 2.24) is 19.2 Å². The third kappa shape index (κ3) is 4.98. The van der Waals surface area contributed by atoms with Crippen molar-refractivity contribution in [3.05, 3.63) is 41.2 Å². The molecule has 0 unspecified atom stereocenters. The second-order valence-corrected chi connectivity index (χ2v) is 11.2. The maximum absolute atomic E-state index is 13.3. The van der Waals surface area contributed by atoms with Crippen LogP contribution in [0.15, 0.2) is 24.3 Å². The lowest BCUT2D eigenvalue weighted by Gasteiger charge is -2.45. The van der Waals surface area contributed by atoms with Gasteiger partial charge in [-0.2, -0.15) is 17.5 Å². The largest absolute Gasteiger partial charge is 0.406 e. The van der Waals surface area contributed by atoms with E-state index in [1.54, 1.807) is 0 Å². The van der Waals surface area contributed by atoms with Gasteiger partial charge in [-0.05, 0) is 56.3 Å². The van der Waals surface area contributed by atoms with Crippen molar-refractivity contribution in [1.29, 1.82) is 0 Å². The number of benzene rings is 1. The zero-order valence-electron chi connectivity index (χ0n) is 20.9. The molecule has 1 aromatic heterocycles. The number of alkyl halides is 3. The minimum atomic E-state index is -4.42. The maximum Gasteiger partial charge on any atom is 0.406 e. The molecule has 36 heavy (non-hydrogen) atoms. The number of likely N-dealkylation sites (tertiary alicyclic amines) is 1. The third-order valence-electron chi connectivity index (χ3n) is 8.39. The molecule has 1 atom stereocenters. The van der Waals surface area contributed by atoms with Crippen molar-refractivity contribution in [2.24, 2.45) is 0 Å². The van der Waals surface area contributed by atoms with Gasteiger partial charge in [0.15, 0.2) is 0 Å². The third-order valence-corrected chi connectivity index (χ3v) is 9.20. The monoisotopic (exact) mass is 521 g/mol. The Morgan fingerprint density at radius 2 is 1.86 bits per heavy atom. The van der Waals surface area contributed by atoms with E-state index in [2.05, 4.69) is 32.1 Å². The molecule has 3 aliphatic rings. The normalized spacial score (nSPS) is 22.7.